The van der Waals surface area contributed by atoms with Crippen molar-refractivity contribution in [2.24, 2.45) is 0 Å². The average molecular weight is 628 g/mol. The van der Waals surface area contributed by atoms with E-state index < -0.39 is 41.7 Å². The number of carbonyl (C=O) groups excluding carboxylic acids is 4. The number of carbonyl (C=O) groups is 4. The van der Waals surface area contributed by atoms with Crippen LogP contribution in [0.4, 0.5) is 9.59 Å². The van der Waals surface area contributed by atoms with Crippen LogP contribution in [0, 0.1) is 0 Å². The molecule has 5 N–H and O–H groups in total. The summed E-state index contributed by atoms with van der Waals surface area (Å²) in [5, 5.41) is 11.8. The van der Waals surface area contributed by atoms with Gasteiger partial charge >= 0.3 is 12.2 Å². The summed E-state index contributed by atoms with van der Waals surface area (Å²) in [7, 11) is 0. The Bertz CT molecular complexity index is 1600. The van der Waals surface area contributed by atoms with Crippen LogP contribution in [0.2, 0.25) is 0 Å². The van der Waals surface area contributed by atoms with Crippen LogP contribution in [0.1, 0.15) is 37.5 Å². The van der Waals surface area contributed by atoms with Crippen molar-refractivity contribution < 1.29 is 28.7 Å². The molecule has 3 aromatic carbocycles. The summed E-state index contributed by atoms with van der Waals surface area (Å²) in [6.07, 6.45) is 0.794. The molecule has 11 nitrogen and oxygen atoms in total. The number of amides is 4. The Kier molecular flexibility index (Phi) is 11.8. The predicted octanol–water partition coefficient (Wildman–Crippen LogP) is 4.37. The van der Waals surface area contributed by atoms with Gasteiger partial charge in [-0.2, -0.15) is 0 Å². The molecule has 46 heavy (non-hydrogen) atoms. The highest BCUT2D eigenvalue weighted by Gasteiger charge is 2.28. The minimum Gasteiger partial charge on any atom is -0.445 e. The lowest BCUT2D eigenvalue weighted by molar-refractivity contribution is -0.129. The summed E-state index contributed by atoms with van der Waals surface area (Å²) in [5.74, 6) is -0.995. The van der Waals surface area contributed by atoms with E-state index in [0.717, 1.165) is 27.6 Å². The Morgan fingerprint density at radius 2 is 1.30 bits per heavy atom. The van der Waals surface area contributed by atoms with Crippen molar-refractivity contribution in [2.45, 2.75) is 57.9 Å². The third kappa shape index (κ3) is 10.7. The minimum absolute atomic E-state index is 0.0322. The fourth-order valence-electron chi connectivity index (χ4n) is 4.76. The Morgan fingerprint density at radius 1 is 0.696 bits per heavy atom. The quantitative estimate of drug-likeness (QED) is 0.139. The zero-order valence-electron chi connectivity index (χ0n) is 26.3. The molecule has 0 radical (unpaired) electrons. The van der Waals surface area contributed by atoms with Gasteiger partial charge in [-0.15, -0.1) is 0 Å². The minimum atomic E-state index is -1.05. The van der Waals surface area contributed by atoms with Crippen LogP contribution in [0.15, 0.2) is 91.1 Å². The van der Waals surface area contributed by atoms with Gasteiger partial charge in [-0.3, -0.25) is 9.59 Å². The van der Waals surface area contributed by atoms with E-state index in [1.807, 2.05) is 84.9 Å². The number of alkyl carbamates (subject to hydrolysis) is 2. The van der Waals surface area contributed by atoms with Gasteiger partial charge in [-0.1, -0.05) is 78.9 Å². The molecule has 0 spiro atoms. The summed E-state index contributed by atoms with van der Waals surface area (Å²) < 4.78 is 10.6. The topological polar surface area (TPSA) is 151 Å². The number of benzene rings is 3. The van der Waals surface area contributed by atoms with E-state index in [0.29, 0.717) is 0 Å². The predicted molar refractivity (Wildman–Crippen MR) is 175 cm³/mol. The van der Waals surface area contributed by atoms with Gasteiger partial charge in [0.25, 0.3) is 0 Å². The lowest BCUT2D eigenvalue weighted by Gasteiger charge is -2.23. The average Bonchev–Trinajstić information content (AvgIpc) is 3.44. The van der Waals surface area contributed by atoms with E-state index in [2.05, 4.69) is 26.3 Å². The van der Waals surface area contributed by atoms with E-state index in [4.69, 9.17) is 9.47 Å². The maximum absolute atomic E-state index is 13.8. The van der Waals surface area contributed by atoms with Gasteiger partial charge in [-0.05, 0) is 43.5 Å². The highest BCUT2D eigenvalue weighted by molar-refractivity contribution is 5.92. The number of hydrogen-bond donors (Lipinski definition) is 5. The first kappa shape index (κ1) is 33.6. The van der Waals surface area contributed by atoms with Crippen LogP contribution in [-0.4, -0.2) is 59.8 Å². The molecule has 4 aromatic rings. The van der Waals surface area contributed by atoms with Crippen molar-refractivity contribution in [3.63, 3.8) is 0 Å². The normalized spacial score (nSPS) is 12.4. The van der Waals surface area contributed by atoms with Gasteiger partial charge in [0, 0.05) is 43.0 Å². The third-order valence-electron chi connectivity index (χ3n) is 6.93. The number of aromatic amines is 1. The summed E-state index contributed by atoms with van der Waals surface area (Å²) in [5.41, 5.74) is 2.69. The van der Waals surface area contributed by atoms with Gasteiger partial charge in [0.15, 0.2) is 0 Å². The second-order valence-electron chi connectivity index (χ2n) is 11.8. The smallest absolute Gasteiger partial charge is 0.408 e. The van der Waals surface area contributed by atoms with E-state index in [-0.39, 0.29) is 32.5 Å². The molecule has 1 aromatic heterocycles. The monoisotopic (exact) mass is 627 g/mol. The van der Waals surface area contributed by atoms with Gasteiger partial charge in [0.1, 0.15) is 24.3 Å². The Labute approximate surface area is 268 Å². The standard InChI is InChI=1S/C35H41N5O6/c1-35(2,3)46-33(43)37-19-18-36-31(41)29(20-24-12-6-4-7-13-24)39-32(42)30(21-26-22-38-28-17-11-10-16-27(26)28)40-34(44)45-23-25-14-8-5-9-15-25/h4-17,22,29-30,38H,18-21,23H2,1-3H3,(H,36,41)(H,37,43)(H,39,42)(H,40,44)/t29-,30-/m0/s1. The van der Waals surface area contributed by atoms with Crippen LogP contribution in [0.25, 0.3) is 10.9 Å². The van der Waals surface area contributed by atoms with Crippen LogP contribution in [-0.2, 0) is 38.5 Å². The molecule has 2 atom stereocenters. The zero-order chi connectivity index (χ0) is 32.9. The van der Waals surface area contributed by atoms with Crippen molar-refractivity contribution in [1.29, 1.82) is 0 Å². The third-order valence-corrected chi connectivity index (χ3v) is 6.93. The SMILES string of the molecule is CC(C)(C)OC(=O)NCCNC(=O)[C@H](Cc1ccccc1)NC(=O)[C@H](Cc1c[nH]c2ccccc12)NC(=O)OCc1ccccc1. The molecule has 0 fully saturated rings. The summed E-state index contributed by atoms with van der Waals surface area (Å²) in [6.45, 7) is 5.55. The van der Waals surface area contributed by atoms with E-state index in [1.165, 1.54) is 0 Å². The molecular formula is C35H41N5O6. The van der Waals surface area contributed by atoms with Gasteiger partial charge in [0.2, 0.25) is 11.8 Å². The number of aromatic nitrogens is 1. The molecular weight excluding hydrogens is 586 g/mol. The maximum Gasteiger partial charge on any atom is 0.408 e. The molecule has 0 saturated carbocycles. The molecule has 242 valence electrons. The van der Waals surface area contributed by atoms with E-state index in [9.17, 15) is 19.2 Å². The van der Waals surface area contributed by atoms with Crippen molar-refractivity contribution >= 4 is 34.9 Å². The molecule has 11 heteroatoms. The molecule has 0 aliphatic carbocycles. The molecule has 4 rings (SSSR count). The molecule has 0 unspecified atom stereocenters. The molecule has 4 amide bonds. The Hall–Kier alpha value is -5.32. The first-order chi connectivity index (χ1) is 22.1. The summed E-state index contributed by atoms with van der Waals surface area (Å²) in [6, 6.07) is 24.1. The number of nitrogens with one attached hydrogen (secondary N) is 5. The second-order valence-corrected chi connectivity index (χ2v) is 11.8. The molecule has 0 bridgehead atoms. The number of para-hydroxylation sites is 1. The lowest BCUT2D eigenvalue weighted by atomic mass is 10.0. The number of H-pyrrole nitrogens is 1. The first-order valence-electron chi connectivity index (χ1n) is 15.2. The number of fused-ring (bicyclic) bond motifs is 1. The number of ether oxygens (including phenoxy) is 2. The molecule has 0 saturated heterocycles. The molecule has 0 aliphatic heterocycles. The second kappa shape index (κ2) is 16.1. The fraction of sp³-hybridized carbons (Fsp3) is 0.314. The van der Waals surface area contributed by atoms with E-state index in [1.54, 1.807) is 27.0 Å². The maximum atomic E-state index is 13.8. The van der Waals surface area contributed by atoms with Gasteiger partial charge in [-0.25, -0.2) is 9.59 Å². The fourth-order valence-corrected chi connectivity index (χ4v) is 4.76. The highest BCUT2D eigenvalue weighted by Crippen LogP contribution is 2.19. The highest BCUT2D eigenvalue weighted by atomic mass is 16.6. The molecule has 0 aliphatic rings. The summed E-state index contributed by atoms with van der Waals surface area (Å²) >= 11 is 0. The lowest BCUT2D eigenvalue weighted by Crippen LogP contribution is -2.55. The van der Waals surface area contributed by atoms with Gasteiger partial charge in [0.05, 0.1) is 0 Å². The van der Waals surface area contributed by atoms with Crippen LogP contribution in [0.5, 0.6) is 0 Å². The van der Waals surface area contributed by atoms with Crippen molar-refractivity contribution in [3.8, 4) is 0 Å². The van der Waals surface area contributed by atoms with Gasteiger partial charge < -0.3 is 35.7 Å². The van der Waals surface area contributed by atoms with Crippen molar-refractivity contribution in [1.82, 2.24) is 26.3 Å². The van der Waals surface area contributed by atoms with Crippen LogP contribution in [0.3, 0.4) is 0 Å². The first-order valence-corrected chi connectivity index (χ1v) is 15.2. The Morgan fingerprint density at radius 3 is 2.00 bits per heavy atom. The van der Waals surface area contributed by atoms with Crippen LogP contribution < -0.4 is 21.3 Å². The Balaban J connectivity index is 1.46. The summed E-state index contributed by atoms with van der Waals surface area (Å²) in [4.78, 5) is 55.3. The molecule has 1 heterocycles. The number of rotatable bonds is 13. The number of hydrogen-bond acceptors (Lipinski definition) is 6. The largest absolute Gasteiger partial charge is 0.445 e. The zero-order valence-corrected chi connectivity index (χ0v) is 26.3. The van der Waals surface area contributed by atoms with Crippen LogP contribution >= 0.6 is 0 Å². The van der Waals surface area contributed by atoms with E-state index >= 15 is 0 Å². The van der Waals surface area contributed by atoms with Crippen molar-refractivity contribution in [2.75, 3.05) is 13.1 Å². The van der Waals surface area contributed by atoms with Crippen molar-refractivity contribution in [3.05, 3.63) is 108 Å².